The molecule has 1 nitrogen and oxygen atoms in total. The number of hydrogen-bond acceptors (Lipinski definition) is 1. The Morgan fingerprint density at radius 1 is 1.50 bits per heavy atom. The van der Waals surface area contributed by atoms with Crippen molar-refractivity contribution in [1.82, 2.24) is 0 Å². The SMILES string of the molecule is CCCCC=COc1cc[c]cc1C. The van der Waals surface area contributed by atoms with E-state index in [4.69, 9.17) is 4.74 Å². The molecule has 0 bridgehead atoms. The van der Waals surface area contributed by atoms with Gasteiger partial charge in [-0.3, -0.25) is 0 Å². The zero-order valence-corrected chi connectivity index (χ0v) is 8.92. The van der Waals surface area contributed by atoms with E-state index in [-0.39, 0.29) is 0 Å². The van der Waals surface area contributed by atoms with E-state index in [0.29, 0.717) is 0 Å². The Balaban J connectivity index is 2.38. The Bertz CT molecular complexity index is 289. The van der Waals surface area contributed by atoms with E-state index in [1.807, 2.05) is 25.1 Å². The fraction of sp³-hybridized carbons (Fsp3) is 0.385. The van der Waals surface area contributed by atoms with Crippen LogP contribution in [0.5, 0.6) is 5.75 Å². The van der Waals surface area contributed by atoms with Crippen molar-refractivity contribution in [3.8, 4) is 5.75 Å². The van der Waals surface area contributed by atoms with Gasteiger partial charge in [-0.05, 0) is 49.6 Å². The molecule has 0 saturated carbocycles. The van der Waals surface area contributed by atoms with Crippen LogP contribution in [-0.4, -0.2) is 0 Å². The van der Waals surface area contributed by atoms with E-state index < -0.39 is 0 Å². The highest BCUT2D eigenvalue weighted by Crippen LogP contribution is 2.15. The molecule has 0 atom stereocenters. The van der Waals surface area contributed by atoms with Crippen molar-refractivity contribution in [3.63, 3.8) is 0 Å². The van der Waals surface area contributed by atoms with Crippen molar-refractivity contribution in [2.75, 3.05) is 0 Å². The number of allylic oxidation sites excluding steroid dienone is 1. The van der Waals surface area contributed by atoms with Crippen LogP contribution < -0.4 is 4.74 Å². The zero-order chi connectivity index (χ0) is 10.2. The van der Waals surface area contributed by atoms with Gasteiger partial charge in [-0.1, -0.05) is 19.4 Å². The van der Waals surface area contributed by atoms with Gasteiger partial charge in [0.15, 0.2) is 0 Å². The summed E-state index contributed by atoms with van der Waals surface area (Å²) in [7, 11) is 0. The van der Waals surface area contributed by atoms with Crippen LogP contribution in [0.25, 0.3) is 0 Å². The highest BCUT2D eigenvalue weighted by molar-refractivity contribution is 5.31. The largest absolute Gasteiger partial charge is 0.465 e. The second-order valence-corrected chi connectivity index (χ2v) is 3.32. The van der Waals surface area contributed by atoms with Crippen LogP contribution in [0.4, 0.5) is 0 Å². The summed E-state index contributed by atoms with van der Waals surface area (Å²) in [6.45, 7) is 4.21. The molecule has 0 aromatic heterocycles. The van der Waals surface area contributed by atoms with Gasteiger partial charge in [0.2, 0.25) is 0 Å². The average Bonchev–Trinajstić information content (AvgIpc) is 2.20. The Labute approximate surface area is 86.4 Å². The van der Waals surface area contributed by atoms with Crippen LogP contribution in [0.15, 0.2) is 30.5 Å². The minimum atomic E-state index is 0.913. The highest BCUT2D eigenvalue weighted by atomic mass is 16.5. The van der Waals surface area contributed by atoms with Crippen LogP contribution in [0, 0.1) is 13.0 Å². The summed E-state index contributed by atoms with van der Waals surface area (Å²) in [4.78, 5) is 0. The summed E-state index contributed by atoms with van der Waals surface area (Å²) in [6.07, 6.45) is 7.39. The van der Waals surface area contributed by atoms with E-state index in [1.54, 1.807) is 6.26 Å². The van der Waals surface area contributed by atoms with E-state index in [0.717, 1.165) is 17.7 Å². The molecule has 75 valence electrons. The third-order valence-corrected chi connectivity index (χ3v) is 2.04. The van der Waals surface area contributed by atoms with Gasteiger partial charge in [0.05, 0.1) is 6.26 Å². The van der Waals surface area contributed by atoms with Crippen LogP contribution in [0.1, 0.15) is 31.7 Å². The minimum Gasteiger partial charge on any atom is -0.465 e. The van der Waals surface area contributed by atoms with Gasteiger partial charge < -0.3 is 4.74 Å². The van der Waals surface area contributed by atoms with Crippen LogP contribution in [0.3, 0.4) is 0 Å². The lowest BCUT2D eigenvalue weighted by Crippen LogP contribution is -1.85. The van der Waals surface area contributed by atoms with Crippen molar-refractivity contribution in [2.45, 2.75) is 33.1 Å². The Hall–Kier alpha value is -1.24. The van der Waals surface area contributed by atoms with Crippen molar-refractivity contribution in [2.24, 2.45) is 0 Å². The molecule has 0 spiro atoms. The summed E-state index contributed by atoms with van der Waals surface area (Å²) in [5.41, 5.74) is 1.12. The van der Waals surface area contributed by atoms with E-state index in [2.05, 4.69) is 19.1 Å². The fourth-order valence-corrected chi connectivity index (χ4v) is 1.14. The number of ether oxygens (including phenoxy) is 1. The molecule has 1 heteroatoms. The number of unbranched alkanes of at least 4 members (excludes halogenated alkanes) is 2. The molecule has 0 heterocycles. The van der Waals surface area contributed by atoms with Gasteiger partial charge in [0.1, 0.15) is 5.75 Å². The standard InChI is InChI=1S/C13H17O/c1-3-4-5-8-11-14-13-10-7-6-9-12(13)2/h7-11H,3-5H2,1-2H3. The molecule has 0 aliphatic heterocycles. The predicted octanol–water partition coefficient (Wildman–Crippen LogP) is 3.88. The molecule has 0 saturated heterocycles. The van der Waals surface area contributed by atoms with Crippen LogP contribution >= 0.6 is 0 Å². The molecule has 1 rings (SSSR count). The Morgan fingerprint density at radius 3 is 3.07 bits per heavy atom. The van der Waals surface area contributed by atoms with Crippen molar-refractivity contribution in [1.29, 1.82) is 0 Å². The summed E-state index contributed by atoms with van der Waals surface area (Å²) >= 11 is 0. The maximum atomic E-state index is 5.48. The molecule has 0 amide bonds. The van der Waals surface area contributed by atoms with E-state index >= 15 is 0 Å². The minimum absolute atomic E-state index is 0.913. The summed E-state index contributed by atoms with van der Waals surface area (Å²) < 4.78 is 5.48. The van der Waals surface area contributed by atoms with Gasteiger partial charge >= 0.3 is 0 Å². The smallest absolute Gasteiger partial charge is 0.129 e. The van der Waals surface area contributed by atoms with Crippen molar-refractivity contribution < 1.29 is 4.74 Å². The summed E-state index contributed by atoms with van der Waals surface area (Å²) in [5, 5.41) is 0. The second kappa shape index (κ2) is 6.25. The summed E-state index contributed by atoms with van der Waals surface area (Å²) in [5.74, 6) is 0.913. The molecule has 0 fully saturated rings. The highest BCUT2D eigenvalue weighted by Gasteiger charge is 1.93. The number of benzene rings is 1. The molecular formula is C13H17O. The normalized spacial score (nSPS) is 10.7. The maximum absolute atomic E-state index is 5.48. The first-order valence-electron chi connectivity index (χ1n) is 5.13. The molecule has 14 heavy (non-hydrogen) atoms. The first kappa shape index (κ1) is 10.8. The lowest BCUT2D eigenvalue weighted by molar-refractivity contribution is 0.474. The van der Waals surface area contributed by atoms with Gasteiger partial charge in [-0.15, -0.1) is 0 Å². The van der Waals surface area contributed by atoms with Gasteiger partial charge in [0, 0.05) is 0 Å². The first-order chi connectivity index (χ1) is 6.84. The van der Waals surface area contributed by atoms with Gasteiger partial charge in [0.25, 0.3) is 0 Å². The summed E-state index contributed by atoms with van der Waals surface area (Å²) in [6, 6.07) is 8.73. The molecule has 0 N–H and O–H groups in total. The molecule has 1 aromatic carbocycles. The predicted molar refractivity (Wildman–Crippen MR) is 59.3 cm³/mol. The zero-order valence-electron chi connectivity index (χ0n) is 8.92. The third-order valence-electron chi connectivity index (χ3n) is 2.04. The number of rotatable bonds is 5. The van der Waals surface area contributed by atoms with Crippen molar-refractivity contribution >= 4 is 0 Å². The van der Waals surface area contributed by atoms with Crippen molar-refractivity contribution in [3.05, 3.63) is 42.2 Å². The molecule has 0 aliphatic carbocycles. The monoisotopic (exact) mass is 189 g/mol. The third kappa shape index (κ3) is 3.65. The molecule has 1 radical (unpaired) electrons. The van der Waals surface area contributed by atoms with Crippen LogP contribution in [-0.2, 0) is 0 Å². The number of aryl methyl sites for hydroxylation is 1. The lowest BCUT2D eigenvalue weighted by Gasteiger charge is -2.02. The average molecular weight is 189 g/mol. The second-order valence-electron chi connectivity index (χ2n) is 3.32. The Kier molecular flexibility index (Phi) is 4.84. The molecule has 1 aromatic rings. The van der Waals surface area contributed by atoms with Gasteiger partial charge in [-0.2, -0.15) is 0 Å². The topological polar surface area (TPSA) is 9.23 Å². The maximum Gasteiger partial charge on any atom is 0.129 e. The molecule has 0 unspecified atom stereocenters. The van der Waals surface area contributed by atoms with Gasteiger partial charge in [-0.25, -0.2) is 0 Å². The van der Waals surface area contributed by atoms with E-state index in [9.17, 15) is 0 Å². The molecule has 0 aliphatic rings. The first-order valence-corrected chi connectivity index (χ1v) is 5.13. The number of hydrogen-bond donors (Lipinski definition) is 0. The lowest BCUT2D eigenvalue weighted by atomic mass is 10.2. The van der Waals surface area contributed by atoms with Crippen LogP contribution in [0.2, 0.25) is 0 Å². The Morgan fingerprint density at radius 2 is 2.36 bits per heavy atom. The van der Waals surface area contributed by atoms with E-state index in [1.165, 1.54) is 12.8 Å². The fourth-order valence-electron chi connectivity index (χ4n) is 1.14. The quantitative estimate of drug-likeness (QED) is 0.504. The molecular weight excluding hydrogens is 172 g/mol.